The van der Waals surface area contributed by atoms with Gasteiger partial charge in [0.25, 0.3) is 0 Å². The van der Waals surface area contributed by atoms with Crippen LogP contribution in [0.15, 0.2) is 46.9 Å². The van der Waals surface area contributed by atoms with Crippen LogP contribution in [0.5, 0.6) is 5.75 Å². The van der Waals surface area contributed by atoms with E-state index in [4.69, 9.17) is 15.1 Å². The van der Waals surface area contributed by atoms with Crippen LogP contribution in [0.1, 0.15) is 22.1 Å². The molecule has 1 saturated heterocycles. The first kappa shape index (κ1) is 17.8. The van der Waals surface area contributed by atoms with E-state index < -0.39 is 12.0 Å². The number of halogens is 1. The van der Waals surface area contributed by atoms with Crippen LogP contribution in [0.25, 0.3) is 0 Å². The Labute approximate surface area is 158 Å². The fourth-order valence-corrected chi connectivity index (χ4v) is 4.25. The molecule has 7 heteroatoms. The Morgan fingerprint density at radius 2 is 2.20 bits per heavy atom. The van der Waals surface area contributed by atoms with Gasteiger partial charge in [-0.25, -0.2) is 0 Å². The summed E-state index contributed by atoms with van der Waals surface area (Å²) in [6.45, 7) is 0.305. The van der Waals surface area contributed by atoms with E-state index in [2.05, 4.69) is 27.3 Å². The Morgan fingerprint density at radius 1 is 1.40 bits per heavy atom. The number of nitriles is 1. The van der Waals surface area contributed by atoms with Gasteiger partial charge < -0.3 is 9.84 Å². The van der Waals surface area contributed by atoms with E-state index in [1.165, 1.54) is 0 Å². The van der Waals surface area contributed by atoms with Gasteiger partial charge in [-0.3, -0.25) is 10.1 Å². The normalized spacial score (nSPS) is 19.4. The topological polar surface area (TPSA) is 82.3 Å². The molecular formula is C18H15BrN2O3S. The lowest BCUT2D eigenvalue weighted by Crippen LogP contribution is -2.33. The van der Waals surface area contributed by atoms with Crippen LogP contribution in [0.3, 0.4) is 0 Å². The second-order valence-electron chi connectivity index (χ2n) is 5.52. The third-order valence-corrected chi connectivity index (χ3v) is 5.75. The monoisotopic (exact) mass is 418 g/mol. The average molecular weight is 419 g/mol. The number of nitrogens with zero attached hydrogens (tertiary/aromatic N) is 1. The number of ether oxygens (including phenoxy) is 1. The number of benzene rings is 2. The Bertz CT molecular complexity index is 837. The number of rotatable bonds is 5. The number of thioether (sulfide) groups is 1. The van der Waals surface area contributed by atoms with Crippen molar-refractivity contribution in [3.63, 3.8) is 0 Å². The highest BCUT2D eigenvalue weighted by atomic mass is 79.9. The molecule has 1 aliphatic heterocycles. The maximum atomic E-state index is 11.0. The van der Waals surface area contributed by atoms with Crippen molar-refractivity contribution in [1.29, 1.82) is 5.26 Å². The maximum absolute atomic E-state index is 11.0. The molecule has 0 amide bonds. The Hall–Kier alpha value is -2.01. The molecule has 0 radical (unpaired) electrons. The van der Waals surface area contributed by atoms with Crippen molar-refractivity contribution in [1.82, 2.24) is 5.32 Å². The van der Waals surface area contributed by atoms with Crippen molar-refractivity contribution in [3.05, 3.63) is 63.6 Å². The van der Waals surface area contributed by atoms with Gasteiger partial charge in [-0.05, 0) is 39.7 Å². The summed E-state index contributed by atoms with van der Waals surface area (Å²) in [5.41, 5.74) is 2.42. The molecule has 2 aromatic carbocycles. The zero-order valence-electron chi connectivity index (χ0n) is 13.1. The molecule has 0 aliphatic carbocycles. The fourth-order valence-electron chi connectivity index (χ4n) is 2.51. The van der Waals surface area contributed by atoms with Gasteiger partial charge in [0.15, 0.2) is 0 Å². The minimum atomic E-state index is -0.829. The summed E-state index contributed by atoms with van der Waals surface area (Å²) in [5, 5.41) is 21.2. The van der Waals surface area contributed by atoms with Crippen LogP contribution in [-0.2, 0) is 11.4 Å². The number of carboxylic acid groups (broad SMARTS) is 1. The van der Waals surface area contributed by atoms with E-state index >= 15 is 0 Å². The van der Waals surface area contributed by atoms with Crippen LogP contribution < -0.4 is 10.1 Å². The molecule has 2 aromatic rings. The first-order chi connectivity index (χ1) is 12.1. The molecule has 1 fully saturated rings. The summed E-state index contributed by atoms with van der Waals surface area (Å²) in [6.07, 6.45) is 0. The third kappa shape index (κ3) is 4.15. The zero-order chi connectivity index (χ0) is 17.8. The van der Waals surface area contributed by atoms with Crippen molar-refractivity contribution in [2.45, 2.75) is 18.0 Å². The second-order valence-corrected chi connectivity index (χ2v) is 7.51. The van der Waals surface area contributed by atoms with Gasteiger partial charge in [0.05, 0.1) is 21.5 Å². The highest BCUT2D eigenvalue weighted by Crippen LogP contribution is 2.36. The highest BCUT2D eigenvalue weighted by molar-refractivity contribution is 9.10. The van der Waals surface area contributed by atoms with Gasteiger partial charge in [-0.1, -0.05) is 24.3 Å². The smallest absolute Gasteiger partial charge is 0.321 e. The number of hydrogen-bond acceptors (Lipinski definition) is 5. The van der Waals surface area contributed by atoms with Crippen molar-refractivity contribution in [2.24, 2.45) is 0 Å². The minimum Gasteiger partial charge on any atom is -0.488 e. The van der Waals surface area contributed by atoms with Gasteiger partial charge >= 0.3 is 5.97 Å². The molecular weight excluding hydrogens is 404 g/mol. The lowest BCUT2D eigenvalue weighted by Gasteiger charge is -2.14. The quantitative estimate of drug-likeness (QED) is 0.770. The molecule has 25 heavy (non-hydrogen) atoms. The first-order valence-corrected chi connectivity index (χ1v) is 9.43. The molecule has 0 bridgehead atoms. The number of nitrogens with one attached hydrogen (secondary N) is 1. The van der Waals surface area contributed by atoms with Gasteiger partial charge in [-0.15, -0.1) is 11.8 Å². The first-order valence-electron chi connectivity index (χ1n) is 7.59. The van der Waals surface area contributed by atoms with Crippen molar-refractivity contribution < 1.29 is 14.6 Å². The number of aliphatic carboxylic acids is 1. The van der Waals surface area contributed by atoms with E-state index in [1.807, 2.05) is 36.4 Å². The van der Waals surface area contributed by atoms with Crippen LogP contribution in [0, 0.1) is 11.3 Å². The molecule has 2 N–H and O–H groups in total. The van der Waals surface area contributed by atoms with Crippen molar-refractivity contribution in [3.8, 4) is 11.8 Å². The van der Waals surface area contributed by atoms with Crippen molar-refractivity contribution >= 4 is 33.7 Å². The van der Waals surface area contributed by atoms with Crippen LogP contribution in [-0.4, -0.2) is 22.9 Å². The zero-order valence-corrected chi connectivity index (χ0v) is 15.5. The Kier molecular flexibility index (Phi) is 5.63. The molecule has 3 rings (SSSR count). The summed E-state index contributed by atoms with van der Waals surface area (Å²) in [5.74, 6) is 0.389. The fraction of sp³-hybridized carbons (Fsp3) is 0.222. The van der Waals surface area contributed by atoms with Gasteiger partial charge in [0, 0.05) is 11.3 Å². The van der Waals surface area contributed by atoms with Gasteiger partial charge in [0.1, 0.15) is 18.4 Å². The number of hydrogen-bond donors (Lipinski definition) is 2. The molecule has 1 heterocycles. The van der Waals surface area contributed by atoms with Crippen molar-refractivity contribution in [2.75, 3.05) is 5.75 Å². The van der Waals surface area contributed by atoms with E-state index in [-0.39, 0.29) is 5.37 Å². The van der Waals surface area contributed by atoms with E-state index in [1.54, 1.807) is 17.8 Å². The molecule has 128 valence electrons. The summed E-state index contributed by atoms with van der Waals surface area (Å²) >= 11 is 5.08. The highest BCUT2D eigenvalue weighted by Gasteiger charge is 2.30. The summed E-state index contributed by atoms with van der Waals surface area (Å²) in [6, 6.07) is 14.7. The lowest BCUT2D eigenvalue weighted by molar-refractivity contribution is -0.138. The van der Waals surface area contributed by atoms with Gasteiger partial charge in [-0.2, -0.15) is 5.26 Å². The van der Waals surface area contributed by atoms with Gasteiger partial charge in [0.2, 0.25) is 0 Å². The van der Waals surface area contributed by atoms with E-state index in [9.17, 15) is 4.79 Å². The molecule has 0 aromatic heterocycles. The minimum absolute atomic E-state index is 0.0502. The summed E-state index contributed by atoms with van der Waals surface area (Å²) < 4.78 is 6.62. The lowest BCUT2D eigenvalue weighted by atomic mass is 10.1. The Balaban J connectivity index is 1.68. The molecule has 5 nitrogen and oxygen atoms in total. The van der Waals surface area contributed by atoms with Crippen LogP contribution in [0.2, 0.25) is 0 Å². The maximum Gasteiger partial charge on any atom is 0.321 e. The molecule has 0 saturated carbocycles. The van der Waals surface area contributed by atoms with E-state index in [0.29, 0.717) is 23.7 Å². The Morgan fingerprint density at radius 3 is 2.88 bits per heavy atom. The third-order valence-electron chi connectivity index (χ3n) is 3.86. The SMILES string of the molecule is N#Cc1ccccc1COc1ccc([C@@H]2N[C@@H](C(=O)O)CS2)cc1Br. The molecule has 0 spiro atoms. The van der Waals surface area contributed by atoms with Crippen LogP contribution in [0.4, 0.5) is 0 Å². The van der Waals surface area contributed by atoms with E-state index in [0.717, 1.165) is 15.6 Å². The molecule has 1 aliphatic rings. The number of carboxylic acids is 1. The molecule has 2 atom stereocenters. The standard InChI is InChI=1S/C18H15BrN2O3S/c19-14-7-11(17-21-15(10-25-17)18(22)23)5-6-16(14)24-9-13-4-2-1-3-12(13)8-20/h1-7,15,17,21H,9-10H2,(H,22,23)/t15-,17-/m1/s1. The number of carbonyl (C=O) groups is 1. The summed E-state index contributed by atoms with van der Waals surface area (Å²) in [7, 11) is 0. The summed E-state index contributed by atoms with van der Waals surface area (Å²) in [4.78, 5) is 11.0. The molecule has 0 unspecified atom stereocenters. The van der Waals surface area contributed by atoms with Crippen LogP contribution >= 0.6 is 27.7 Å². The predicted octanol–water partition coefficient (Wildman–Crippen LogP) is 3.69. The second kappa shape index (κ2) is 7.91. The predicted molar refractivity (Wildman–Crippen MR) is 99.4 cm³/mol. The average Bonchev–Trinajstić information content (AvgIpc) is 3.11. The largest absolute Gasteiger partial charge is 0.488 e.